The Kier molecular flexibility index (Phi) is 6.10. The zero-order valence-electron chi connectivity index (χ0n) is 20.1. The van der Waals surface area contributed by atoms with E-state index in [4.69, 9.17) is 0 Å². The van der Waals surface area contributed by atoms with E-state index in [9.17, 15) is 22.0 Å². The summed E-state index contributed by atoms with van der Waals surface area (Å²) >= 11 is 0. The second-order valence-electron chi connectivity index (χ2n) is 9.85. The normalized spacial score (nSPS) is 25.0. The summed E-state index contributed by atoms with van der Waals surface area (Å²) < 4.78 is 71.8. The highest BCUT2D eigenvalue weighted by atomic mass is 32.2. The molecule has 1 aromatic heterocycles. The van der Waals surface area contributed by atoms with E-state index in [1.54, 1.807) is 18.5 Å². The SMILES string of the molecule is O=C(C1=CNC2N=CC(c3ccc(C4CC4)nc3)=CC12)c1c(F)ccc(NS(=O)(=O)N2CCC(F)C2)c1F. The largest absolute Gasteiger partial charge is 0.369 e. The standard InChI is InChI=1S/C26H24F3N5O3S/c27-17-7-8-34(13-17)38(36,37)33-22-6-4-20(28)23(24(22)29)25(35)19-12-32-26-18(19)9-16(11-31-26)15-3-5-21(30-10-15)14-1-2-14/h3-6,9-12,14,17-18,26,32-33H,1-2,7-8,13H2. The molecule has 1 saturated heterocycles. The Hall–Kier alpha value is -3.51. The maximum absolute atomic E-state index is 15.4. The lowest BCUT2D eigenvalue weighted by molar-refractivity contribution is 0.101. The van der Waals surface area contributed by atoms with Crippen LogP contribution in [-0.4, -0.2) is 55.1 Å². The molecule has 3 unspecified atom stereocenters. The average Bonchev–Trinajstić information content (AvgIpc) is 3.51. The second-order valence-corrected chi connectivity index (χ2v) is 11.5. The number of pyridine rings is 1. The number of nitrogens with zero attached hydrogens (tertiary/aromatic N) is 3. The molecule has 1 saturated carbocycles. The number of fused-ring (bicyclic) bond motifs is 1. The minimum atomic E-state index is -4.30. The monoisotopic (exact) mass is 543 g/mol. The molecule has 1 aromatic carbocycles. The van der Waals surface area contributed by atoms with Crippen molar-refractivity contribution >= 4 is 33.5 Å². The smallest absolute Gasteiger partial charge is 0.301 e. The van der Waals surface area contributed by atoms with E-state index in [1.165, 1.54) is 6.20 Å². The molecule has 1 aliphatic carbocycles. The first kappa shape index (κ1) is 24.8. The third kappa shape index (κ3) is 4.51. The van der Waals surface area contributed by atoms with E-state index < -0.39 is 57.1 Å². The number of alkyl halides is 1. The number of carbonyl (C=O) groups is 1. The topological polar surface area (TPSA) is 104 Å². The van der Waals surface area contributed by atoms with E-state index in [-0.39, 0.29) is 25.1 Å². The molecule has 8 nitrogen and oxygen atoms in total. The number of aliphatic imine (C=N–C) groups is 1. The van der Waals surface area contributed by atoms with Gasteiger partial charge in [-0.05, 0) is 43.0 Å². The van der Waals surface area contributed by atoms with Crippen molar-refractivity contribution in [1.29, 1.82) is 0 Å². The number of dihydropyridines is 1. The third-order valence-electron chi connectivity index (χ3n) is 7.21. The van der Waals surface area contributed by atoms with Gasteiger partial charge in [-0.3, -0.25) is 19.5 Å². The van der Waals surface area contributed by atoms with Gasteiger partial charge >= 0.3 is 10.2 Å². The van der Waals surface area contributed by atoms with Crippen LogP contribution in [0.5, 0.6) is 0 Å². The van der Waals surface area contributed by atoms with Crippen LogP contribution in [0.15, 0.2) is 53.3 Å². The zero-order valence-corrected chi connectivity index (χ0v) is 20.9. The van der Waals surface area contributed by atoms with Crippen molar-refractivity contribution in [3.05, 3.63) is 76.8 Å². The van der Waals surface area contributed by atoms with Gasteiger partial charge in [0.1, 0.15) is 18.2 Å². The van der Waals surface area contributed by atoms with Gasteiger partial charge in [0.25, 0.3) is 0 Å². The summed E-state index contributed by atoms with van der Waals surface area (Å²) in [6.07, 6.45) is 7.05. The van der Waals surface area contributed by atoms with Crippen molar-refractivity contribution in [2.75, 3.05) is 17.8 Å². The maximum atomic E-state index is 15.4. The Balaban J connectivity index is 1.26. The molecule has 38 heavy (non-hydrogen) atoms. The van der Waals surface area contributed by atoms with Crippen LogP contribution in [0.25, 0.3) is 5.57 Å². The molecule has 6 rings (SSSR count). The molecule has 2 aromatic rings. The molecule has 2 fully saturated rings. The highest BCUT2D eigenvalue weighted by molar-refractivity contribution is 7.90. The fourth-order valence-corrected chi connectivity index (χ4v) is 6.20. The summed E-state index contributed by atoms with van der Waals surface area (Å²) in [6, 6.07) is 5.62. The van der Waals surface area contributed by atoms with Crippen LogP contribution in [0, 0.1) is 17.6 Å². The van der Waals surface area contributed by atoms with E-state index in [0.717, 1.165) is 46.1 Å². The van der Waals surface area contributed by atoms with Crippen LogP contribution in [0.1, 0.15) is 46.8 Å². The van der Waals surface area contributed by atoms with Crippen molar-refractivity contribution in [2.45, 2.75) is 37.5 Å². The van der Waals surface area contributed by atoms with Gasteiger partial charge in [0, 0.05) is 60.4 Å². The molecule has 3 atom stereocenters. The molecular weight excluding hydrogens is 519 g/mol. The number of carbonyl (C=O) groups excluding carboxylic acids is 1. The Labute approximate surface area is 217 Å². The van der Waals surface area contributed by atoms with E-state index in [0.29, 0.717) is 5.92 Å². The Bertz CT molecular complexity index is 1500. The van der Waals surface area contributed by atoms with Crippen LogP contribution >= 0.6 is 0 Å². The number of hydrogen-bond donors (Lipinski definition) is 2. The predicted molar refractivity (Wildman–Crippen MR) is 135 cm³/mol. The minimum Gasteiger partial charge on any atom is -0.369 e. The van der Waals surface area contributed by atoms with E-state index in [2.05, 4.69) is 15.3 Å². The van der Waals surface area contributed by atoms with E-state index >= 15 is 4.39 Å². The summed E-state index contributed by atoms with van der Waals surface area (Å²) in [5.74, 6) is -3.50. The molecule has 198 valence electrons. The van der Waals surface area contributed by atoms with Gasteiger partial charge in [0.15, 0.2) is 11.6 Å². The Morgan fingerprint density at radius 3 is 2.63 bits per heavy atom. The lowest BCUT2D eigenvalue weighted by Gasteiger charge is -2.21. The third-order valence-corrected chi connectivity index (χ3v) is 8.70. The number of allylic oxidation sites excluding steroid dienone is 1. The molecule has 0 radical (unpaired) electrons. The first-order valence-corrected chi connectivity index (χ1v) is 13.8. The Morgan fingerprint density at radius 1 is 1.13 bits per heavy atom. The molecule has 4 heterocycles. The van der Waals surface area contributed by atoms with Crippen LogP contribution < -0.4 is 10.0 Å². The average molecular weight is 544 g/mol. The number of rotatable bonds is 7. The Morgan fingerprint density at radius 2 is 1.95 bits per heavy atom. The zero-order chi connectivity index (χ0) is 26.6. The van der Waals surface area contributed by atoms with Crippen LogP contribution in [0.3, 0.4) is 0 Å². The fourth-order valence-electron chi connectivity index (χ4n) is 4.94. The number of aromatic nitrogens is 1. The van der Waals surface area contributed by atoms with Crippen molar-refractivity contribution in [1.82, 2.24) is 14.6 Å². The lowest BCUT2D eigenvalue weighted by atomic mass is 9.88. The minimum absolute atomic E-state index is 0.0268. The lowest BCUT2D eigenvalue weighted by Crippen LogP contribution is -2.34. The molecule has 3 aliphatic heterocycles. The molecule has 0 amide bonds. The number of hydrogen-bond acceptors (Lipinski definition) is 6. The van der Waals surface area contributed by atoms with Crippen LogP contribution in [0.4, 0.5) is 18.9 Å². The van der Waals surface area contributed by atoms with Gasteiger partial charge in [-0.1, -0.05) is 12.1 Å². The maximum Gasteiger partial charge on any atom is 0.301 e. The summed E-state index contributed by atoms with van der Waals surface area (Å²) in [4.78, 5) is 22.4. The number of benzene rings is 1. The number of ketones is 1. The van der Waals surface area contributed by atoms with Gasteiger partial charge in [-0.15, -0.1) is 0 Å². The number of Topliss-reactive ketones (excluding diaryl/α,β-unsaturated/α-hetero) is 1. The van der Waals surface area contributed by atoms with Crippen LogP contribution in [0.2, 0.25) is 0 Å². The number of anilines is 1. The predicted octanol–water partition coefficient (Wildman–Crippen LogP) is 3.72. The van der Waals surface area contributed by atoms with Gasteiger partial charge in [-0.2, -0.15) is 12.7 Å². The highest BCUT2D eigenvalue weighted by Crippen LogP contribution is 2.39. The molecule has 4 aliphatic rings. The van der Waals surface area contributed by atoms with Crippen molar-refractivity contribution < 1.29 is 26.4 Å². The van der Waals surface area contributed by atoms with Crippen molar-refractivity contribution in [3.8, 4) is 0 Å². The van der Waals surface area contributed by atoms with Crippen LogP contribution in [-0.2, 0) is 10.2 Å². The second kappa shape index (κ2) is 9.35. The van der Waals surface area contributed by atoms with Gasteiger partial charge < -0.3 is 5.32 Å². The summed E-state index contributed by atoms with van der Waals surface area (Å²) in [6.45, 7) is -0.430. The summed E-state index contributed by atoms with van der Waals surface area (Å²) in [5.41, 5.74) is 1.17. The molecule has 0 spiro atoms. The first-order valence-electron chi connectivity index (χ1n) is 12.3. The fraction of sp³-hybridized carbons (Fsp3) is 0.346. The van der Waals surface area contributed by atoms with Crippen molar-refractivity contribution in [3.63, 3.8) is 0 Å². The van der Waals surface area contributed by atoms with Gasteiger partial charge in [0.05, 0.1) is 11.3 Å². The van der Waals surface area contributed by atoms with E-state index in [1.807, 2.05) is 16.9 Å². The quantitative estimate of drug-likeness (QED) is 0.519. The molecular formula is C26H24F3N5O3S. The highest BCUT2D eigenvalue weighted by Gasteiger charge is 2.37. The van der Waals surface area contributed by atoms with Gasteiger partial charge in [-0.25, -0.2) is 13.2 Å². The number of nitrogens with one attached hydrogen (secondary N) is 2. The molecule has 12 heteroatoms. The molecule has 2 N–H and O–H groups in total. The van der Waals surface area contributed by atoms with Crippen molar-refractivity contribution in [2.24, 2.45) is 10.9 Å². The summed E-state index contributed by atoms with van der Waals surface area (Å²) in [7, 11) is -4.30. The van der Waals surface area contributed by atoms with Gasteiger partial charge in [0.2, 0.25) is 0 Å². The molecule has 0 bridgehead atoms. The summed E-state index contributed by atoms with van der Waals surface area (Å²) in [5, 5.41) is 2.96. The first-order chi connectivity index (χ1) is 18.2. The number of halogens is 3.